The van der Waals surface area contributed by atoms with Gasteiger partial charge in [0.05, 0.1) is 0 Å². The number of fused-ring (bicyclic) bond motifs is 4. The Hall–Kier alpha value is -1.70. The minimum absolute atomic E-state index is 1.18. The van der Waals surface area contributed by atoms with Crippen LogP contribution in [0, 0.1) is 0 Å². The second kappa shape index (κ2) is 17.7. The largest absolute Gasteiger partial charge is 0.205 e. The summed E-state index contributed by atoms with van der Waals surface area (Å²) >= 11 is 0. The number of nitrogens with zero attached hydrogens (tertiary/aromatic N) is 2. The van der Waals surface area contributed by atoms with Crippen LogP contribution in [0.4, 0.5) is 0 Å². The lowest BCUT2D eigenvalue weighted by Crippen LogP contribution is -2.33. The third kappa shape index (κ3) is 12.1. The summed E-state index contributed by atoms with van der Waals surface area (Å²) in [6.45, 7) is 2.37. The van der Waals surface area contributed by atoms with E-state index in [2.05, 4.69) is 58.2 Å². The normalized spacial score (nSPS) is 19.5. The van der Waals surface area contributed by atoms with Crippen molar-refractivity contribution in [3.05, 3.63) is 60.2 Å². The zero-order valence-electron chi connectivity index (χ0n) is 22.1. The molecule has 0 unspecified atom stereocenters. The molecule has 0 N–H and O–H groups in total. The lowest BCUT2D eigenvalue weighted by atomic mass is 10.0. The highest BCUT2D eigenvalue weighted by Gasteiger charge is 2.05. The molecule has 0 saturated carbocycles. The monoisotopic (exact) mass is 464 g/mol. The summed E-state index contributed by atoms with van der Waals surface area (Å²) < 4.78 is 4.85. The average Bonchev–Trinajstić information content (AvgIpc) is 2.86. The quantitative estimate of drug-likeness (QED) is 0.348. The second-order valence-electron chi connectivity index (χ2n) is 10.8. The van der Waals surface area contributed by atoms with Gasteiger partial charge in [-0.1, -0.05) is 77.0 Å². The predicted molar refractivity (Wildman–Crippen MR) is 144 cm³/mol. The summed E-state index contributed by atoms with van der Waals surface area (Å²) in [5.74, 6) is 0. The van der Waals surface area contributed by atoms with Crippen molar-refractivity contribution in [1.82, 2.24) is 0 Å². The fraction of sp³-hybridized carbons (Fsp3) is 0.688. The van der Waals surface area contributed by atoms with Crippen LogP contribution in [0.2, 0.25) is 0 Å². The lowest BCUT2D eigenvalue weighted by Gasteiger charge is -2.05. The molecule has 0 fully saturated rings. The fourth-order valence-corrected chi connectivity index (χ4v) is 5.45. The molecular weight excluding hydrogens is 412 g/mol. The Labute approximate surface area is 210 Å². The molecule has 0 spiro atoms. The highest BCUT2D eigenvalue weighted by molar-refractivity contribution is 5.05. The number of hydrogen-bond donors (Lipinski definition) is 0. The van der Waals surface area contributed by atoms with Crippen LogP contribution < -0.4 is 9.13 Å². The summed E-state index contributed by atoms with van der Waals surface area (Å²) in [5.41, 5.74) is 3.06. The minimum atomic E-state index is 1.18. The van der Waals surface area contributed by atoms with Crippen molar-refractivity contribution in [2.24, 2.45) is 0 Å². The van der Waals surface area contributed by atoms with E-state index < -0.39 is 0 Å². The molecule has 3 heterocycles. The van der Waals surface area contributed by atoms with E-state index in [1.165, 1.54) is 153 Å². The van der Waals surface area contributed by atoms with Crippen LogP contribution in [-0.4, -0.2) is 0 Å². The molecule has 188 valence electrons. The van der Waals surface area contributed by atoms with Crippen molar-refractivity contribution in [2.75, 3.05) is 0 Å². The number of hydrogen-bond acceptors (Lipinski definition) is 0. The van der Waals surface area contributed by atoms with Crippen LogP contribution in [0.15, 0.2) is 49.1 Å². The first-order chi connectivity index (χ1) is 16.9. The van der Waals surface area contributed by atoms with Crippen molar-refractivity contribution < 1.29 is 9.13 Å². The minimum Gasteiger partial charge on any atom is -0.205 e. The van der Waals surface area contributed by atoms with Crippen LogP contribution >= 0.6 is 0 Å². The second-order valence-corrected chi connectivity index (χ2v) is 10.8. The number of aryl methyl sites for hydroxylation is 4. The van der Waals surface area contributed by atoms with Crippen molar-refractivity contribution in [3.8, 4) is 0 Å². The Kier molecular flexibility index (Phi) is 14.0. The molecule has 0 radical (unpaired) electrons. The maximum atomic E-state index is 2.43. The van der Waals surface area contributed by atoms with E-state index in [1.807, 2.05) is 0 Å². The van der Waals surface area contributed by atoms with E-state index in [1.54, 1.807) is 0 Å². The molecule has 0 saturated heterocycles. The molecule has 0 amide bonds. The molecule has 4 bridgehead atoms. The third-order valence-electron chi connectivity index (χ3n) is 7.60. The molecule has 2 nitrogen and oxygen atoms in total. The van der Waals surface area contributed by atoms with E-state index in [0.29, 0.717) is 0 Å². The Morgan fingerprint density at radius 1 is 0.382 bits per heavy atom. The van der Waals surface area contributed by atoms with E-state index in [4.69, 9.17) is 0 Å². The van der Waals surface area contributed by atoms with E-state index in [0.717, 1.165) is 0 Å². The highest BCUT2D eigenvalue weighted by atomic mass is 14.9. The number of rotatable bonds is 0. The highest BCUT2D eigenvalue weighted by Crippen LogP contribution is 2.14. The van der Waals surface area contributed by atoms with Crippen LogP contribution in [-0.2, 0) is 25.9 Å². The van der Waals surface area contributed by atoms with Crippen LogP contribution in [0.3, 0.4) is 0 Å². The maximum absolute atomic E-state index is 2.43. The van der Waals surface area contributed by atoms with Gasteiger partial charge >= 0.3 is 0 Å². The molecular formula is C32H52N2+2. The van der Waals surface area contributed by atoms with Gasteiger partial charge in [0.25, 0.3) is 0 Å². The van der Waals surface area contributed by atoms with Gasteiger partial charge in [-0.25, -0.2) is 9.13 Å². The molecule has 2 heteroatoms. The number of aromatic nitrogens is 2. The molecule has 3 rings (SSSR count). The Morgan fingerprint density at radius 3 is 1.09 bits per heavy atom. The van der Waals surface area contributed by atoms with Crippen molar-refractivity contribution >= 4 is 0 Å². The molecule has 34 heavy (non-hydrogen) atoms. The summed E-state index contributed by atoms with van der Waals surface area (Å²) in [5, 5.41) is 0. The summed E-state index contributed by atoms with van der Waals surface area (Å²) in [6, 6.07) is 9.15. The van der Waals surface area contributed by atoms with Crippen LogP contribution in [0.5, 0.6) is 0 Å². The van der Waals surface area contributed by atoms with E-state index in [9.17, 15) is 0 Å². The molecule has 0 atom stereocenters. The standard InChI is InChI=1S/C32H52N2/c1-2-4-8-12-16-22-32-24-20-28-34(30-32)26-18-14-10-6-5-9-13-17-25-33-27-19-23-31(29-33)21-15-11-7-3-1/h19-20,23-24,27-30H,1-18,21-22,25-26H2/q+2. The summed E-state index contributed by atoms with van der Waals surface area (Å²) in [6.07, 6.45) is 36.9. The topological polar surface area (TPSA) is 7.76 Å². The molecule has 2 aromatic rings. The molecule has 1 aliphatic heterocycles. The first kappa shape index (κ1) is 26.9. The van der Waals surface area contributed by atoms with Crippen LogP contribution in [0.25, 0.3) is 0 Å². The van der Waals surface area contributed by atoms with Gasteiger partial charge in [0, 0.05) is 36.1 Å². The third-order valence-corrected chi connectivity index (χ3v) is 7.60. The Balaban J connectivity index is 1.39. The van der Waals surface area contributed by atoms with Gasteiger partial charge in [-0.15, -0.1) is 0 Å². The lowest BCUT2D eigenvalue weighted by molar-refractivity contribution is -0.697. The molecule has 0 aliphatic carbocycles. The molecule has 0 aromatic carbocycles. The van der Waals surface area contributed by atoms with Crippen LogP contribution in [0.1, 0.15) is 127 Å². The maximum Gasteiger partial charge on any atom is 0.171 e. The van der Waals surface area contributed by atoms with Gasteiger partial charge < -0.3 is 0 Å². The first-order valence-corrected chi connectivity index (χ1v) is 14.9. The van der Waals surface area contributed by atoms with Crippen molar-refractivity contribution in [1.29, 1.82) is 0 Å². The van der Waals surface area contributed by atoms with Gasteiger partial charge in [0.2, 0.25) is 0 Å². The summed E-state index contributed by atoms with van der Waals surface area (Å²) in [7, 11) is 0. The van der Waals surface area contributed by atoms with Gasteiger partial charge in [0.1, 0.15) is 13.1 Å². The zero-order chi connectivity index (χ0) is 23.5. The van der Waals surface area contributed by atoms with Crippen molar-refractivity contribution in [3.63, 3.8) is 0 Å². The summed E-state index contributed by atoms with van der Waals surface area (Å²) in [4.78, 5) is 0. The smallest absolute Gasteiger partial charge is 0.171 e. The first-order valence-electron chi connectivity index (χ1n) is 14.9. The average molecular weight is 465 g/mol. The van der Waals surface area contributed by atoms with Crippen molar-refractivity contribution in [2.45, 2.75) is 142 Å². The Morgan fingerprint density at radius 2 is 0.706 bits per heavy atom. The molecule has 2 aromatic heterocycles. The fourth-order valence-electron chi connectivity index (χ4n) is 5.45. The SMILES string of the molecule is c1cc2c[n+](c1)CCCCCCCCCC[n+]1cccc(c1)CCCCCCCCCCCC2. The van der Waals surface area contributed by atoms with Gasteiger partial charge in [-0.05, 0) is 50.7 Å². The van der Waals surface area contributed by atoms with E-state index in [-0.39, 0.29) is 0 Å². The predicted octanol–water partition coefficient (Wildman–Crippen LogP) is 8.08. The van der Waals surface area contributed by atoms with Gasteiger partial charge in [-0.3, -0.25) is 0 Å². The Bertz CT molecular complexity index is 704. The number of pyridine rings is 2. The van der Waals surface area contributed by atoms with E-state index >= 15 is 0 Å². The van der Waals surface area contributed by atoms with Gasteiger partial charge in [0.15, 0.2) is 24.8 Å². The molecule has 1 aliphatic rings. The van der Waals surface area contributed by atoms with Gasteiger partial charge in [-0.2, -0.15) is 0 Å². The zero-order valence-corrected chi connectivity index (χ0v) is 22.1.